The summed E-state index contributed by atoms with van der Waals surface area (Å²) < 4.78 is 5.49. The lowest BCUT2D eigenvalue weighted by molar-refractivity contribution is 0.00685. The molecule has 0 heterocycles. The molecule has 1 rings (SSSR count). The van der Waals surface area contributed by atoms with Crippen molar-refractivity contribution in [3.8, 4) is 12.3 Å². The quantitative estimate of drug-likeness (QED) is 0.481. The monoisotopic (exact) mass is 298 g/mol. The Morgan fingerprint density at radius 3 is 2.36 bits per heavy atom. The molecule has 0 aliphatic carbocycles. The Balaban J connectivity index is 3.34. The van der Waals surface area contributed by atoms with Gasteiger partial charge in [-0.15, -0.1) is 6.42 Å². The Morgan fingerprint density at radius 2 is 1.95 bits per heavy atom. The van der Waals surface area contributed by atoms with Gasteiger partial charge in [0.15, 0.2) is 0 Å². The predicted molar refractivity (Wildman–Crippen MR) is 95.2 cm³/mol. The second-order valence-corrected chi connectivity index (χ2v) is 7.17. The number of hydrogen-bond donors (Lipinski definition) is 0. The van der Waals surface area contributed by atoms with Crippen molar-refractivity contribution < 1.29 is 9.53 Å². The van der Waals surface area contributed by atoms with E-state index in [-0.39, 0.29) is 5.97 Å². The van der Waals surface area contributed by atoms with E-state index in [1.54, 1.807) is 0 Å². The second-order valence-electron chi connectivity index (χ2n) is 7.17. The smallest absolute Gasteiger partial charge is 0.340 e. The van der Waals surface area contributed by atoms with Crippen molar-refractivity contribution in [3.05, 3.63) is 34.4 Å². The van der Waals surface area contributed by atoms with Crippen LogP contribution in [-0.2, 0) is 4.74 Å². The summed E-state index contributed by atoms with van der Waals surface area (Å²) in [5.74, 6) is 3.29. The van der Waals surface area contributed by atoms with Crippen molar-refractivity contribution in [2.45, 2.75) is 59.4 Å². The topological polar surface area (TPSA) is 26.3 Å². The van der Waals surface area contributed by atoms with E-state index in [1.165, 1.54) is 5.56 Å². The van der Waals surface area contributed by atoms with Crippen molar-refractivity contribution in [1.29, 1.82) is 0 Å². The lowest BCUT2D eigenvalue weighted by atomic mass is 9.77. The zero-order valence-corrected chi connectivity index (χ0v) is 14.9. The zero-order chi connectivity index (χ0) is 17.1. The van der Waals surface area contributed by atoms with Crippen molar-refractivity contribution in [2.24, 2.45) is 5.92 Å². The van der Waals surface area contributed by atoms with E-state index in [4.69, 9.17) is 11.2 Å². The molecule has 0 aliphatic heterocycles. The Hall–Kier alpha value is -1.69. The molecule has 0 amide bonds. The fourth-order valence-electron chi connectivity index (χ4n) is 2.84. The van der Waals surface area contributed by atoms with E-state index in [0.717, 1.165) is 11.9 Å². The number of carbonyl (C=O) groups is 1. The van der Waals surface area contributed by atoms with E-state index < -0.39 is 5.60 Å². The average molecular weight is 298 g/mol. The van der Waals surface area contributed by atoms with Gasteiger partial charge in [-0.3, -0.25) is 0 Å². The van der Waals surface area contributed by atoms with Crippen molar-refractivity contribution in [1.82, 2.24) is 0 Å². The first kappa shape index (κ1) is 18.4. The standard InChI is InChI=1S/C19H27BO2/c1-8-14-10-15(16(11-20)12(2)3)9-13(4)17(14)18(21)22-19(5,6)7/h1,9-10,12,16H,11,20H2,2-7H3. The van der Waals surface area contributed by atoms with Gasteiger partial charge in [0.1, 0.15) is 13.4 Å². The summed E-state index contributed by atoms with van der Waals surface area (Å²) in [5.41, 5.74) is 2.70. The number of aryl methyl sites for hydroxylation is 1. The number of carbonyl (C=O) groups excluding carboxylic acids is 1. The molecule has 0 aromatic heterocycles. The highest BCUT2D eigenvalue weighted by molar-refractivity contribution is 6.09. The second kappa shape index (κ2) is 7.05. The summed E-state index contributed by atoms with van der Waals surface area (Å²) in [6.45, 7) is 11.9. The molecule has 1 unspecified atom stereocenters. The minimum Gasteiger partial charge on any atom is -0.456 e. The number of ether oxygens (including phenoxy) is 1. The third kappa shape index (κ3) is 4.40. The van der Waals surface area contributed by atoms with Crippen LogP contribution in [0, 0.1) is 25.2 Å². The number of hydrogen-bond acceptors (Lipinski definition) is 2. The SMILES string of the molecule is BCC(c1cc(C)c(C(=O)OC(C)(C)C)c(C#C)c1)C(C)C. The average Bonchev–Trinajstić information content (AvgIpc) is 2.35. The Labute approximate surface area is 136 Å². The molecule has 1 aromatic rings. The van der Waals surface area contributed by atoms with Gasteiger partial charge >= 0.3 is 5.97 Å². The van der Waals surface area contributed by atoms with Crippen LogP contribution in [0.4, 0.5) is 0 Å². The minimum atomic E-state index is -0.530. The van der Waals surface area contributed by atoms with Crippen LogP contribution >= 0.6 is 0 Å². The summed E-state index contributed by atoms with van der Waals surface area (Å²) >= 11 is 0. The van der Waals surface area contributed by atoms with Crippen molar-refractivity contribution in [2.75, 3.05) is 0 Å². The maximum absolute atomic E-state index is 12.4. The van der Waals surface area contributed by atoms with Crippen LogP contribution in [0.2, 0.25) is 6.32 Å². The number of esters is 1. The van der Waals surface area contributed by atoms with Crippen LogP contribution in [0.15, 0.2) is 12.1 Å². The highest BCUT2D eigenvalue weighted by Crippen LogP contribution is 2.31. The first-order chi connectivity index (χ1) is 10.1. The van der Waals surface area contributed by atoms with E-state index in [1.807, 2.05) is 33.8 Å². The third-order valence-electron chi connectivity index (χ3n) is 3.79. The molecule has 2 nitrogen and oxygen atoms in total. The van der Waals surface area contributed by atoms with Crippen LogP contribution in [-0.4, -0.2) is 19.4 Å². The van der Waals surface area contributed by atoms with Crippen molar-refractivity contribution in [3.63, 3.8) is 0 Å². The molecular weight excluding hydrogens is 271 g/mol. The first-order valence-electron chi connectivity index (χ1n) is 7.95. The Bertz CT molecular complexity index is 589. The van der Waals surface area contributed by atoms with Crippen LogP contribution < -0.4 is 0 Å². The number of benzene rings is 1. The molecule has 0 fully saturated rings. The van der Waals surface area contributed by atoms with Crippen molar-refractivity contribution >= 4 is 13.8 Å². The summed E-state index contributed by atoms with van der Waals surface area (Å²) in [6, 6.07) is 4.05. The summed E-state index contributed by atoms with van der Waals surface area (Å²) in [6.07, 6.45) is 6.70. The van der Waals surface area contributed by atoms with Crippen LogP contribution in [0.25, 0.3) is 0 Å². The maximum atomic E-state index is 12.4. The first-order valence-corrected chi connectivity index (χ1v) is 7.95. The Morgan fingerprint density at radius 1 is 1.36 bits per heavy atom. The highest BCUT2D eigenvalue weighted by atomic mass is 16.6. The van der Waals surface area contributed by atoms with Gasteiger partial charge in [0.2, 0.25) is 0 Å². The molecule has 0 N–H and O–H groups in total. The molecule has 1 aromatic carbocycles. The fourth-order valence-corrected chi connectivity index (χ4v) is 2.84. The van der Waals surface area contributed by atoms with Crippen LogP contribution in [0.5, 0.6) is 0 Å². The molecule has 0 radical (unpaired) electrons. The maximum Gasteiger partial charge on any atom is 0.340 e. The predicted octanol–water partition coefficient (Wildman–Crippen LogP) is 3.72. The van der Waals surface area contributed by atoms with Gasteiger partial charge < -0.3 is 4.74 Å². The molecule has 0 saturated carbocycles. The normalized spacial score (nSPS) is 12.8. The molecule has 1 atom stereocenters. The van der Waals surface area contributed by atoms with Gasteiger partial charge in [-0.25, -0.2) is 4.79 Å². The van der Waals surface area contributed by atoms with Gasteiger partial charge in [0.25, 0.3) is 0 Å². The number of terminal acetylenes is 1. The van der Waals surface area contributed by atoms with Gasteiger partial charge in [0, 0.05) is 5.56 Å². The molecular formula is C19H27BO2. The largest absolute Gasteiger partial charge is 0.456 e. The Kier molecular flexibility index (Phi) is 5.88. The highest BCUT2D eigenvalue weighted by Gasteiger charge is 2.24. The molecule has 3 heteroatoms. The summed E-state index contributed by atoms with van der Waals surface area (Å²) in [7, 11) is 2.18. The zero-order valence-electron chi connectivity index (χ0n) is 14.9. The van der Waals surface area contributed by atoms with Gasteiger partial charge in [-0.05, 0) is 56.7 Å². The minimum absolute atomic E-state index is 0.345. The molecule has 0 spiro atoms. The van der Waals surface area contributed by atoms with E-state index >= 15 is 0 Å². The van der Waals surface area contributed by atoms with Gasteiger partial charge in [-0.2, -0.15) is 0 Å². The lowest BCUT2D eigenvalue weighted by Crippen LogP contribution is -2.25. The summed E-state index contributed by atoms with van der Waals surface area (Å²) in [4.78, 5) is 12.4. The molecule has 0 saturated heterocycles. The van der Waals surface area contributed by atoms with Gasteiger partial charge in [-0.1, -0.05) is 32.2 Å². The van der Waals surface area contributed by atoms with E-state index in [0.29, 0.717) is 23.0 Å². The molecule has 0 bridgehead atoms. The number of rotatable bonds is 4. The van der Waals surface area contributed by atoms with Crippen LogP contribution in [0.1, 0.15) is 67.6 Å². The summed E-state index contributed by atoms with van der Waals surface area (Å²) in [5, 5.41) is 0. The third-order valence-corrected chi connectivity index (χ3v) is 3.79. The van der Waals surface area contributed by atoms with E-state index in [9.17, 15) is 4.79 Å². The van der Waals surface area contributed by atoms with Crippen LogP contribution in [0.3, 0.4) is 0 Å². The molecule has 22 heavy (non-hydrogen) atoms. The van der Waals surface area contributed by atoms with Gasteiger partial charge in [0.05, 0.1) is 5.56 Å². The fraction of sp³-hybridized carbons (Fsp3) is 0.526. The molecule has 0 aliphatic rings. The molecule has 118 valence electrons. The van der Waals surface area contributed by atoms with E-state index in [2.05, 4.69) is 33.7 Å². The lowest BCUT2D eigenvalue weighted by Gasteiger charge is -2.23.